The van der Waals surface area contributed by atoms with E-state index in [1.165, 1.54) is 17.0 Å². The summed E-state index contributed by atoms with van der Waals surface area (Å²) in [5, 5.41) is 21.1. The molecule has 0 spiro atoms. The molecule has 3 aromatic rings. The number of nitrogen functional groups attached to an aromatic ring is 1. The number of carbonyl (C=O) groups is 3. The number of benzene rings is 3. The van der Waals surface area contributed by atoms with Crippen molar-refractivity contribution in [2.45, 2.75) is 42.8 Å². The van der Waals surface area contributed by atoms with Crippen LogP contribution in [0.15, 0.2) is 71.6 Å². The molecule has 39 heavy (non-hydrogen) atoms. The number of sulfonamides is 1. The normalized spacial score (nSPS) is 16.1. The van der Waals surface area contributed by atoms with Gasteiger partial charge in [0.05, 0.1) is 11.3 Å². The summed E-state index contributed by atoms with van der Waals surface area (Å²) in [5.41, 5.74) is 6.77. The summed E-state index contributed by atoms with van der Waals surface area (Å²) in [6.07, 6.45) is 0.0887. The van der Waals surface area contributed by atoms with Crippen LogP contribution < -0.4 is 15.8 Å². The highest BCUT2D eigenvalue weighted by atomic mass is 32.2. The number of amidine groups is 1. The van der Waals surface area contributed by atoms with Gasteiger partial charge in [0.25, 0.3) is 0 Å². The Morgan fingerprint density at radius 3 is 2.41 bits per heavy atom. The zero-order valence-electron chi connectivity index (χ0n) is 21.0. The Morgan fingerprint density at radius 1 is 1.05 bits per heavy atom. The maximum absolute atomic E-state index is 13.4. The van der Waals surface area contributed by atoms with Gasteiger partial charge in [-0.15, -0.1) is 0 Å². The van der Waals surface area contributed by atoms with E-state index in [4.69, 9.17) is 11.1 Å². The van der Waals surface area contributed by atoms with Gasteiger partial charge in [0, 0.05) is 18.7 Å². The van der Waals surface area contributed by atoms with Crippen molar-refractivity contribution < 1.29 is 27.9 Å². The van der Waals surface area contributed by atoms with Gasteiger partial charge in [-0.2, -0.15) is 4.72 Å². The number of hydrogen-bond donors (Lipinski definition) is 5. The molecule has 1 saturated heterocycles. The van der Waals surface area contributed by atoms with Crippen molar-refractivity contribution in [2.75, 3.05) is 6.54 Å². The van der Waals surface area contributed by atoms with Crippen molar-refractivity contribution in [2.24, 2.45) is 5.73 Å². The number of nitrogens with zero attached hydrogens (tertiary/aromatic N) is 1. The van der Waals surface area contributed by atoms with Crippen molar-refractivity contribution >= 4 is 44.4 Å². The van der Waals surface area contributed by atoms with E-state index in [9.17, 15) is 27.9 Å². The second-order valence-corrected chi connectivity index (χ2v) is 11.0. The third kappa shape index (κ3) is 6.59. The molecule has 2 amide bonds. The molecule has 1 heterocycles. The van der Waals surface area contributed by atoms with Crippen LogP contribution in [-0.2, 0) is 31.0 Å². The van der Waals surface area contributed by atoms with Crippen molar-refractivity contribution in [3.05, 3.63) is 77.9 Å². The predicted octanol–water partition coefficient (Wildman–Crippen LogP) is 1.55. The van der Waals surface area contributed by atoms with Crippen molar-refractivity contribution in [1.29, 1.82) is 5.41 Å². The number of hydrogen-bond acceptors (Lipinski definition) is 6. The van der Waals surface area contributed by atoms with Crippen molar-refractivity contribution in [3.63, 3.8) is 0 Å². The fourth-order valence-electron chi connectivity index (χ4n) is 4.56. The maximum Gasteiger partial charge on any atom is 0.305 e. The lowest BCUT2D eigenvalue weighted by Gasteiger charge is -2.28. The Labute approximate surface area is 225 Å². The van der Waals surface area contributed by atoms with Gasteiger partial charge in [0.15, 0.2) is 0 Å². The van der Waals surface area contributed by atoms with Gasteiger partial charge >= 0.3 is 5.97 Å². The molecular weight excluding hydrogens is 522 g/mol. The van der Waals surface area contributed by atoms with Crippen LogP contribution >= 0.6 is 0 Å². The zero-order valence-corrected chi connectivity index (χ0v) is 21.8. The molecule has 1 fully saturated rings. The van der Waals surface area contributed by atoms with Crippen LogP contribution in [0.2, 0.25) is 0 Å². The van der Waals surface area contributed by atoms with Crippen LogP contribution in [-0.4, -0.2) is 60.7 Å². The third-order valence-corrected chi connectivity index (χ3v) is 8.05. The molecule has 0 radical (unpaired) electrons. The molecule has 2 atom stereocenters. The first-order valence-electron chi connectivity index (χ1n) is 12.3. The number of fused-ring (bicyclic) bond motifs is 1. The Kier molecular flexibility index (Phi) is 8.27. The van der Waals surface area contributed by atoms with Gasteiger partial charge in [-0.05, 0) is 41.3 Å². The average molecular weight is 552 g/mol. The summed E-state index contributed by atoms with van der Waals surface area (Å²) < 4.78 is 28.6. The van der Waals surface area contributed by atoms with Crippen LogP contribution in [0.25, 0.3) is 10.8 Å². The summed E-state index contributed by atoms with van der Waals surface area (Å²) in [7, 11) is -4.25. The molecule has 0 bridgehead atoms. The van der Waals surface area contributed by atoms with E-state index in [-0.39, 0.29) is 23.8 Å². The molecular formula is C27H29N5O6S. The molecule has 0 saturated carbocycles. The lowest BCUT2D eigenvalue weighted by molar-refractivity contribution is -0.144. The van der Waals surface area contributed by atoms with E-state index in [0.29, 0.717) is 23.8 Å². The Hall–Kier alpha value is -4.29. The second kappa shape index (κ2) is 11.6. The van der Waals surface area contributed by atoms with E-state index in [2.05, 4.69) is 10.0 Å². The molecule has 1 aliphatic heterocycles. The average Bonchev–Trinajstić information content (AvgIpc) is 3.40. The first-order valence-corrected chi connectivity index (χ1v) is 13.8. The van der Waals surface area contributed by atoms with Gasteiger partial charge in [-0.1, -0.05) is 54.6 Å². The Morgan fingerprint density at radius 2 is 1.74 bits per heavy atom. The van der Waals surface area contributed by atoms with Gasteiger partial charge in [0.1, 0.15) is 17.9 Å². The molecule has 1 aliphatic rings. The molecule has 11 nitrogen and oxygen atoms in total. The first kappa shape index (κ1) is 27.7. The van der Waals surface area contributed by atoms with Crippen LogP contribution in [0.1, 0.15) is 30.4 Å². The van der Waals surface area contributed by atoms with E-state index < -0.39 is 46.3 Å². The molecule has 204 valence electrons. The predicted molar refractivity (Wildman–Crippen MR) is 144 cm³/mol. The van der Waals surface area contributed by atoms with Crippen LogP contribution in [0.5, 0.6) is 0 Å². The number of carboxylic acid groups (broad SMARTS) is 1. The van der Waals surface area contributed by atoms with Crippen LogP contribution in [0.4, 0.5) is 0 Å². The van der Waals surface area contributed by atoms with Gasteiger partial charge in [-0.25, -0.2) is 8.42 Å². The van der Waals surface area contributed by atoms with Gasteiger partial charge in [-0.3, -0.25) is 19.8 Å². The van der Waals surface area contributed by atoms with Crippen LogP contribution in [0, 0.1) is 5.41 Å². The minimum Gasteiger partial charge on any atom is -0.481 e. The smallest absolute Gasteiger partial charge is 0.305 e. The molecule has 0 aliphatic carbocycles. The molecule has 4 rings (SSSR count). The Bertz CT molecular complexity index is 1520. The minimum absolute atomic E-state index is 0.0714. The molecule has 3 aromatic carbocycles. The molecule has 12 heteroatoms. The number of nitrogens with one attached hydrogen (secondary N) is 3. The maximum atomic E-state index is 13.4. The largest absolute Gasteiger partial charge is 0.481 e. The summed E-state index contributed by atoms with van der Waals surface area (Å²) >= 11 is 0. The number of carbonyl (C=O) groups excluding carboxylic acids is 2. The Balaban J connectivity index is 1.47. The zero-order chi connectivity index (χ0) is 28.2. The number of carboxylic acids is 1. The van der Waals surface area contributed by atoms with Crippen molar-refractivity contribution in [3.8, 4) is 0 Å². The molecule has 6 N–H and O–H groups in total. The number of amides is 2. The number of nitrogens with two attached hydrogens (primary N) is 1. The number of rotatable bonds is 10. The lowest BCUT2D eigenvalue weighted by atomic mass is 10.1. The highest BCUT2D eigenvalue weighted by Crippen LogP contribution is 2.22. The van der Waals surface area contributed by atoms with Crippen LogP contribution in [0.3, 0.4) is 0 Å². The third-order valence-electron chi connectivity index (χ3n) is 6.58. The highest BCUT2D eigenvalue weighted by molar-refractivity contribution is 7.89. The monoisotopic (exact) mass is 551 g/mol. The lowest BCUT2D eigenvalue weighted by Crippen LogP contribution is -2.53. The standard InChI is InChI=1S/C27H29N5O6S/c28-25(29)19-9-7-17(8-10-19)16-30-26(35)23-6-3-13-32(23)27(36)22(15-24(33)34)31-39(37,38)21-12-11-18-4-1-2-5-20(18)14-21/h1-2,4-5,7-12,14,22-23,31H,3,6,13,15-16H2,(H3,28,29)(H,30,35)(H,33,34)/t22-,23-/m0/s1. The topological polar surface area (TPSA) is 183 Å². The summed E-state index contributed by atoms with van der Waals surface area (Å²) in [4.78, 5) is 39.1. The van der Waals surface area contributed by atoms with E-state index >= 15 is 0 Å². The molecule has 0 aromatic heterocycles. The summed E-state index contributed by atoms with van der Waals surface area (Å²) in [6.45, 7) is 0.362. The SMILES string of the molecule is N=C(N)c1ccc(CNC(=O)[C@@H]2CCCN2C(=O)[C@H](CC(=O)O)NS(=O)(=O)c2ccc3ccccc3c2)cc1. The first-order chi connectivity index (χ1) is 18.5. The van der Waals surface area contributed by atoms with E-state index in [1.54, 1.807) is 42.5 Å². The number of aliphatic carboxylic acids is 1. The number of likely N-dealkylation sites (tertiary alicyclic amines) is 1. The van der Waals surface area contributed by atoms with Gasteiger partial charge < -0.3 is 21.1 Å². The second-order valence-electron chi connectivity index (χ2n) is 9.30. The van der Waals surface area contributed by atoms with E-state index in [0.717, 1.165) is 10.9 Å². The quantitative estimate of drug-likeness (QED) is 0.187. The minimum atomic E-state index is -4.25. The fourth-order valence-corrected chi connectivity index (χ4v) is 5.78. The molecule has 0 unspecified atom stereocenters. The fraction of sp³-hybridized carbons (Fsp3) is 0.259. The van der Waals surface area contributed by atoms with E-state index in [1.807, 2.05) is 12.1 Å². The summed E-state index contributed by atoms with van der Waals surface area (Å²) in [5.74, 6) is -2.63. The van der Waals surface area contributed by atoms with Crippen molar-refractivity contribution in [1.82, 2.24) is 14.9 Å². The highest BCUT2D eigenvalue weighted by Gasteiger charge is 2.39. The summed E-state index contributed by atoms with van der Waals surface area (Å²) in [6, 6.07) is 15.9. The van der Waals surface area contributed by atoms with Gasteiger partial charge in [0.2, 0.25) is 21.8 Å².